The predicted molar refractivity (Wildman–Crippen MR) is 104 cm³/mol. The third-order valence-corrected chi connectivity index (χ3v) is 15.6. The molecule has 158 valence electrons. The first-order valence-corrected chi connectivity index (χ1v) is 13.8. The van der Waals surface area contributed by atoms with E-state index in [-0.39, 0.29) is 18.1 Å². The van der Waals surface area contributed by atoms with Crippen molar-refractivity contribution < 1.29 is 30.0 Å². The number of sulfone groups is 3. The molecule has 0 saturated heterocycles. The highest BCUT2D eigenvalue weighted by molar-refractivity contribution is 8.29. The van der Waals surface area contributed by atoms with E-state index in [0.29, 0.717) is 12.8 Å². The Kier molecular flexibility index (Phi) is 5.50. The van der Waals surface area contributed by atoms with Crippen molar-refractivity contribution in [3.05, 3.63) is 3.91 Å². The summed E-state index contributed by atoms with van der Waals surface area (Å²) < 4.78 is 76.2. The summed E-state index contributed by atoms with van der Waals surface area (Å²) >= 11 is 0. The zero-order valence-electron chi connectivity index (χ0n) is 16.6. The number of hydrogen-bond donors (Lipinski definition) is 0. The van der Waals surface area contributed by atoms with Gasteiger partial charge in [-0.3, -0.25) is 30.0 Å². The van der Waals surface area contributed by atoms with Crippen molar-refractivity contribution in [3.63, 3.8) is 0 Å². The summed E-state index contributed by atoms with van der Waals surface area (Å²) in [6.07, 6.45) is 1.27. The van der Waals surface area contributed by atoms with E-state index >= 15 is 0 Å². The van der Waals surface area contributed by atoms with Gasteiger partial charge in [0, 0.05) is 32.0 Å². The van der Waals surface area contributed by atoms with Gasteiger partial charge >= 0.3 is 0 Å². The van der Waals surface area contributed by atoms with Crippen LogP contribution in [0.2, 0.25) is 0 Å². The van der Waals surface area contributed by atoms with E-state index in [1.165, 1.54) is 27.7 Å². The molecule has 7 nitrogen and oxygen atoms in total. The topological polar surface area (TPSA) is 119 Å². The van der Waals surface area contributed by atoms with Gasteiger partial charge in [-0.25, -0.2) is 0 Å². The summed E-state index contributed by atoms with van der Waals surface area (Å²) in [5.41, 5.74) is -1.85. The Balaban J connectivity index is 2.65. The van der Waals surface area contributed by atoms with Crippen LogP contribution in [0.5, 0.6) is 0 Å². The monoisotopic (exact) mass is 441 g/mol. The first-order chi connectivity index (χ1) is 11.9. The van der Waals surface area contributed by atoms with Gasteiger partial charge in [0.2, 0.25) is 0 Å². The average molecular weight is 442 g/mol. The molecule has 0 N–H and O–H groups in total. The van der Waals surface area contributed by atoms with Gasteiger partial charge < -0.3 is 0 Å². The fraction of sp³-hybridized carbons (Fsp3) is 0.882. The second kappa shape index (κ2) is 6.52. The number of hydrogen-bond acceptors (Lipinski definition) is 7. The molecule has 2 unspecified atom stereocenters. The van der Waals surface area contributed by atoms with Gasteiger partial charge in [-0.15, -0.1) is 0 Å². The van der Waals surface area contributed by atoms with Crippen LogP contribution in [0.3, 0.4) is 0 Å². The maximum Gasteiger partial charge on any atom is 0.140 e. The molecule has 2 aliphatic carbocycles. The first kappa shape index (κ1) is 22.8. The Morgan fingerprint density at radius 2 is 1.41 bits per heavy atom. The summed E-state index contributed by atoms with van der Waals surface area (Å²) in [7, 11) is -13.9. The van der Waals surface area contributed by atoms with Crippen molar-refractivity contribution in [1.29, 1.82) is 0 Å². The van der Waals surface area contributed by atoms with Crippen LogP contribution in [0.15, 0.2) is 0 Å². The van der Waals surface area contributed by atoms with E-state index in [1.807, 2.05) is 13.8 Å². The third-order valence-electron chi connectivity index (χ3n) is 6.54. The maximum atomic E-state index is 13.3. The predicted octanol–water partition coefficient (Wildman–Crippen LogP) is 1.89. The molecule has 0 heterocycles. The van der Waals surface area contributed by atoms with E-state index in [9.17, 15) is 30.0 Å². The molecule has 2 bridgehead atoms. The highest BCUT2D eigenvalue weighted by Crippen LogP contribution is 2.64. The number of carbonyl (C=O) groups excluding carboxylic acids is 1. The summed E-state index contributed by atoms with van der Waals surface area (Å²) in [5.74, 6) is -0.946. The molecule has 0 amide bonds. The van der Waals surface area contributed by atoms with Crippen LogP contribution in [-0.4, -0.2) is 47.3 Å². The van der Waals surface area contributed by atoms with E-state index < -0.39 is 60.5 Å². The number of rotatable bonds is 7. The second-order valence-corrected chi connectivity index (χ2v) is 16.4. The molecule has 2 atom stereocenters. The molecule has 10 heteroatoms. The van der Waals surface area contributed by atoms with Gasteiger partial charge in [-0.2, -0.15) is 0 Å². The van der Waals surface area contributed by atoms with Crippen molar-refractivity contribution >= 4 is 35.3 Å². The molecule has 0 spiro atoms. The first-order valence-electron chi connectivity index (χ1n) is 9.05. The van der Waals surface area contributed by atoms with Crippen molar-refractivity contribution in [3.8, 4) is 0 Å². The zero-order valence-corrected chi connectivity index (χ0v) is 19.1. The average Bonchev–Trinajstić information content (AvgIpc) is 2.79. The Morgan fingerprint density at radius 3 is 1.70 bits per heavy atom. The summed E-state index contributed by atoms with van der Waals surface area (Å²) in [6, 6.07) is 0. The fourth-order valence-electron chi connectivity index (χ4n) is 4.39. The number of carbonyl (C=O) groups is 1. The number of fused-ring (bicyclic) bond motifs is 2. The van der Waals surface area contributed by atoms with Gasteiger partial charge in [-0.05, 0) is 24.2 Å². The van der Waals surface area contributed by atoms with E-state index in [4.69, 9.17) is 0 Å². The molecule has 0 radical (unpaired) electrons. The number of ketones is 1. The second-order valence-electron chi connectivity index (χ2n) is 8.86. The lowest BCUT2D eigenvalue weighted by Gasteiger charge is -2.41. The van der Waals surface area contributed by atoms with Crippen LogP contribution in [0.4, 0.5) is 0 Å². The molecule has 27 heavy (non-hydrogen) atoms. The van der Waals surface area contributed by atoms with Gasteiger partial charge in [0.25, 0.3) is 0 Å². The Labute approximate surface area is 163 Å². The Morgan fingerprint density at radius 1 is 0.963 bits per heavy atom. The van der Waals surface area contributed by atoms with E-state index in [0.717, 1.165) is 0 Å². The van der Waals surface area contributed by atoms with Crippen molar-refractivity contribution in [2.75, 3.05) is 5.75 Å². The third kappa shape index (κ3) is 3.19. The molecular formula is C17H29O7S3-. The van der Waals surface area contributed by atoms with Crippen LogP contribution in [0, 0.1) is 20.7 Å². The normalized spacial score (nSPS) is 28.6. The molecule has 2 rings (SSSR count). The van der Waals surface area contributed by atoms with Gasteiger partial charge in [0.15, 0.2) is 0 Å². The minimum atomic E-state index is -4.74. The van der Waals surface area contributed by atoms with Crippen molar-refractivity contribution in [2.45, 2.75) is 71.3 Å². The zero-order chi connectivity index (χ0) is 21.2. The van der Waals surface area contributed by atoms with E-state index in [1.54, 1.807) is 0 Å². The van der Waals surface area contributed by atoms with Crippen LogP contribution < -0.4 is 0 Å². The lowest BCUT2D eigenvalue weighted by atomic mass is 9.70. The van der Waals surface area contributed by atoms with Gasteiger partial charge in [0.05, 0.1) is 29.5 Å². The summed E-state index contributed by atoms with van der Waals surface area (Å²) in [5, 5.41) is -2.42. The smallest absolute Gasteiger partial charge is 0.140 e. The van der Waals surface area contributed by atoms with Crippen LogP contribution in [-0.2, 0) is 34.3 Å². The molecule has 0 aromatic heterocycles. The van der Waals surface area contributed by atoms with Gasteiger partial charge in [0.1, 0.15) is 5.78 Å². The quantitative estimate of drug-likeness (QED) is 0.553. The lowest BCUT2D eigenvalue weighted by Crippen LogP contribution is -2.47. The molecule has 0 aromatic carbocycles. The molecule has 2 fully saturated rings. The van der Waals surface area contributed by atoms with Crippen LogP contribution in [0.1, 0.15) is 60.8 Å². The van der Waals surface area contributed by atoms with Crippen LogP contribution in [0.25, 0.3) is 0 Å². The molecule has 2 saturated carbocycles. The minimum absolute atomic E-state index is 0.0343. The SMILES string of the molecule is CC(C)S(=O)(=O)[C-](S(=O)(=O)CC12CCC(CC1=O)C2(C)C)S(=O)(=O)C(C)C. The van der Waals surface area contributed by atoms with Crippen molar-refractivity contribution in [2.24, 2.45) is 16.7 Å². The Hall–Kier alpha value is -0.480. The van der Waals surface area contributed by atoms with Crippen LogP contribution >= 0.6 is 0 Å². The summed E-state index contributed by atoms with van der Waals surface area (Å²) in [6.45, 7) is 8.62. The fourth-order valence-corrected chi connectivity index (χ4v) is 13.4. The molecule has 2 aliphatic rings. The highest BCUT2D eigenvalue weighted by Gasteiger charge is 2.65. The molecule has 0 aromatic rings. The van der Waals surface area contributed by atoms with Gasteiger partial charge in [-0.1, -0.05) is 41.5 Å². The minimum Gasteiger partial charge on any atom is -0.299 e. The largest absolute Gasteiger partial charge is 0.299 e. The summed E-state index contributed by atoms with van der Waals surface area (Å²) in [4.78, 5) is 12.7. The van der Waals surface area contributed by atoms with E-state index in [2.05, 4.69) is 0 Å². The van der Waals surface area contributed by atoms with Crippen molar-refractivity contribution in [1.82, 2.24) is 0 Å². The number of Topliss-reactive ketones (excluding diaryl/α,β-unsaturated/α-hetero) is 1. The molecule has 0 aliphatic heterocycles. The Bertz CT molecular complexity index is 902. The standard InChI is InChI=1S/C17H29O7S3/c1-11(2)26(21,22)15(27(23,24)12(3)4)25(19,20)10-17-8-7-13(9-14(17)18)16(17,5)6/h11-13H,7-10H2,1-6H3/q-1. The lowest BCUT2D eigenvalue weighted by molar-refractivity contribution is -0.128. The molecular weight excluding hydrogens is 412 g/mol. The highest BCUT2D eigenvalue weighted by atomic mass is 32.3. The maximum absolute atomic E-state index is 13.3.